The zero-order valence-electron chi connectivity index (χ0n) is 11.4. The van der Waals surface area contributed by atoms with Gasteiger partial charge in [0.05, 0.1) is 12.4 Å². The van der Waals surface area contributed by atoms with Crippen molar-refractivity contribution in [1.82, 2.24) is 19.3 Å². The zero-order chi connectivity index (χ0) is 14.0. The van der Waals surface area contributed by atoms with E-state index in [0.717, 1.165) is 23.8 Å². The average molecular weight is 281 g/mol. The summed E-state index contributed by atoms with van der Waals surface area (Å²) in [6.07, 6.45) is 1.72. The maximum atomic E-state index is 11.7. The third-order valence-electron chi connectivity index (χ3n) is 3.33. The third kappa shape index (κ3) is 2.56. The van der Waals surface area contributed by atoms with Crippen LogP contribution in [-0.4, -0.2) is 31.0 Å². The monoisotopic (exact) mass is 280 g/mol. The summed E-state index contributed by atoms with van der Waals surface area (Å²) in [5, 5.41) is 8.04. The van der Waals surface area contributed by atoms with Crippen LogP contribution in [0.4, 0.5) is 0 Å². The highest BCUT2D eigenvalue weighted by Crippen LogP contribution is 2.17. The number of rotatable bonds is 5. The Kier molecular flexibility index (Phi) is 4.04. The fourth-order valence-electron chi connectivity index (χ4n) is 2.21. The van der Waals surface area contributed by atoms with Gasteiger partial charge in [-0.3, -0.25) is 4.79 Å². The van der Waals surface area contributed by atoms with Crippen molar-refractivity contribution in [2.24, 2.45) is 0 Å². The minimum Gasteiger partial charge on any atom is -0.341 e. The van der Waals surface area contributed by atoms with Gasteiger partial charge in [-0.1, -0.05) is 0 Å². The number of aryl methyl sites for hydroxylation is 2. The molecule has 0 aromatic carbocycles. The smallest absolute Gasteiger partial charge is 0.179 e. The number of alkyl halides is 1. The summed E-state index contributed by atoms with van der Waals surface area (Å²) in [7, 11) is 0. The second-order valence-corrected chi connectivity index (χ2v) is 4.73. The molecule has 0 fully saturated rings. The van der Waals surface area contributed by atoms with Crippen molar-refractivity contribution in [3.63, 3.8) is 0 Å². The molecule has 2 aromatic heterocycles. The van der Waals surface area contributed by atoms with E-state index in [-0.39, 0.29) is 11.7 Å². The minimum atomic E-state index is -0.0435. The van der Waals surface area contributed by atoms with Crippen LogP contribution in [0.5, 0.6) is 0 Å². The van der Waals surface area contributed by atoms with E-state index in [1.807, 2.05) is 31.4 Å². The van der Waals surface area contributed by atoms with Gasteiger partial charge in [-0.15, -0.1) is 21.8 Å². The SMILES string of the molecule is CCn1cnnc1Cn1c(C)cc(C(=O)CCl)c1C. The number of aromatic nitrogens is 4. The normalized spacial score (nSPS) is 10.9. The first-order valence-corrected chi connectivity index (χ1v) is 6.74. The molecule has 2 aromatic rings. The van der Waals surface area contributed by atoms with Crippen LogP contribution in [0.2, 0.25) is 0 Å². The van der Waals surface area contributed by atoms with Gasteiger partial charge in [0.15, 0.2) is 11.6 Å². The number of carbonyl (C=O) groups is 1. The molecule has 0 bridgehead atoms. The highest BCUT2D eigenvalue weighted by atomic mass is 35.5. The predicted octanol–water partition coefficient (Wildman–Crippen LogP) is 2.19. The minimum absolute atomic E-state index is 0.00936. The number of ketones is 1. The second kappa shape index (κ2) is 5.57. The number of hydrogen-bond acceptors (Lipinski definition) is 3. The average Bonchev–Trinajstić information content (AvgIpc) is 2.97. The quantitative estimate of drug-likeness (QED) is 0.623. The van der Waals surface area contributed by atoms with Gasteiger partial charge in [-0.2, -0.15) is 0 Å². The van der Waals surface area contributed by atoms with Crippen molar-refractivity contribution in [2.45, 2.75) is 33.9 Å². The number of Topliss-reactive ketones (excluding diaryl/α,β-unsaturated/α-hetero) is 1. The Hall–Kier alpha value is -1.62. The molecule has 2 heterocycles. The second-order valence-electron chi connectivity index (χ2n) is 4.46. The summed E-state index contributed by atoms with van der Waals surface area (Å²) < 4.78 is 4.05. The Morgan fingerprint density at radius 3 is 2.79 bits per heavy atom. The molecule has 0 aliphatic carbocycles. The lowest BCUT2D eigenvalue weighted by Crippen LogP contribution is -2.11. The van der Waals surface area contributed by atoms with E-state index in [1.165, 1.54) is 0 Å². The molecule has 2 rings (SSSR count). The van der Waals surface area contributed by atoms with E-state index in [4.69, 9.17) is 11.6 Å². The first-order chi connectivity index (χ1) is 9.08. The van der Waals surface area contributed by atoms with Crippen molar-refractivity contribution < 1.29 is 4.79 Å². The highest BCUT2D eigenvalue weighted by Gasteiger charge is 2.16. The van der Waals surface area contributed by atoms with Gasteiger partial charge in [-0.05, 0) is 26.8 Å². The van der Waals surface area contributed by atoms with Crippen molar-refractivity contribution in [1.29, 1.82) is 0 Å². The third-order valence-corrected chi connectivity index (χ3v) is 3.57. The van der Waals surface area contributed by atoms with Crippen LogP contribution < -0.4 is 0 Å². The first kappa shape index (κ1) is 13.8. The summed E-state index contributed by atoms with van der Waals surface area (Å²) in [4.78, 5) is 11.7. The van der Waals surface area contributed by atoms with E-state index < -0.39 is 0 Å². The van der Waals surface area contributed by atoms with Crippen LogP contribution >= 0.6 is 11.6 Å². The van der Waals surface area contributed by atoms with Gasteiger partial charge in [-0.25, -0.2) is 0 Å². The van der Waals surface area contributed by atoms with Crippen molar-refractivity contribution in [2.75, 3.05) is 5.88 Å². The molecule has 0 saturated heterocycles. The zero-order valence-corrected chi connectivity index (χ0v) is 12.1. The largest absolute Gasteiger partial charge is 0.341 e. The highest BCUT2D eigenvalue weighted by molar-refractivity contribution is 6.30. The van der Waals surface area contributed by atoms with Crippen molar-refractivity contribution >= 4 is 17.4 Å². The number of hydrogen-bond donors (Lipinski definition) is 0. The lowest BCUT2D eigenvalue weighted by Gasteiger charge is -2.09. The molecule has 0 spiro atoms. The molecule has 19 heavy (non-hydrogen) atoms. The maximum absolute atomic E-state index is 11.7. The van der Waals surface area contributed by atoms with E-state index in [9.17, 15) is 4.79 Å². The molecule has 5 nitrogen and oxygen atoms in total. The van der Waals surface area contributed by atoms with Crippen LogP contribution in [0.3, 0.4) is 0 Å². The summed E-state index contributed by atoms with van der Waals surface area (Å²) in [6.45, 7) is 7.39. The van der Waals surface area contributed by atoms with Crippen molar-refractivity contribution in [3.05, 3.63) is 35.2 Å². The van der Waals surface area contributed by atoms with E-state index in [1.54, 1.807) is 6.33 Å². The molecule has 0 aliphatic heterocycles. The Morgan fingerprint density at radius 1 is 1.42 bits per heavy atom. The lowest BCUT2D eigenvalue weighted by molar-refractivity contribution is 0.102. The van der Waals surface area contributed by atoms with Crippen LogP contribution in [0.15, 0.2) is 12.4 Å². The standard InChI is InChI=1S/C13H17ClN4O/c1-4-17-8-15-16-13(17)7-18-9(2)5-11(10(18)3)12(19)6-14/h5,8H,4,6-7H2,1-3H3. The van der Waals surface area contributed by atoms with Crippen LogP contribution in [0.25, 0.3) is 0 Å². The van der Waals surface area contributed by atoms with Crippen LogP contribution in [0.1, 0.15) is 34.5 Å². The Labute approximate surface area is 117 Å². The molecular formula is C13H17ClN4O. The predicted molar refractivity (Wildman–Crippen MR) is 73.8 cm³/mol. The van der Waals surface area contributed by atoms with Crippen molar-refractivity contribution in [3.8, 4) is 0 Å². The molecule has 0 unspecified atom stereocenters. The molecule has 0 amide bonds. The number of nitrogens with zero attached hydrogens (tertiary/aromatic N) is 4. The van der Waals surface area contributed by atoms with Gasteiger partial charge in [0.1, 0.15) is 6.33 Å². The summed E-state index contributed by atoms with van der Waals surface area (Å²) in [6, 6.07) is 1.88. The van der Waals surface area contributed by atoms with Crippen LogP contribution in [0, 0.1) is 13.8 Å². The number of carbonyl (C=O) groups excluding carboxylic acids is 1. The fraction of sp³-hybridized carbons (Fsp3) is 0.462. The van der Waals surface area contributed by atoms with Gasteiger partial charge in [0.25, 0.3) is 0 Å². The lowest BCUT2D eigenvalue weighted by atomic mass is 10.2. The molecule has 0 atom stereocenters. The fourth-order valence-corrected chi connectivity index (χ4v) is 2.35. The van der Waals surface area contributed by atoms with E-state index in [0.29, 0.717) is 12.1 Å². The summed E-state index contributed by atoms with van der Waals surface area (Å²) in [5.74, 6) is 0.849. The molecule has 6 heteroatoms. The van der Waals surface area contributed by atoms with Gasteiger partial charge in [0, 0.05) is 23.5 Å². The molecule has 0 N–H and O–H groups in total. The van der Waals surface area contributed by atoms with E-state index >= 15 is 0 Å². The summed E-state index contributed by atoms with van der Waals surface area (Å²) in [5.41, 5.74) is 2.64. The molecular weight excluding hydrogens is 264 g/mol. The topological polar surface area (TPSA) is 52.7 Å². The van der Waals surface area contributed by atoms with Gasteiger partial charge < -0.3 is 9.13 Å². The molecule has 102 valence electrons. The van der Waals surface area contributed by atoms with Gasteiger partial charge >= 0.3 is 0 Å². The Morgan fingerprint density at radius 2 is 2.16 bits per heavy atom. The van der Waals surface area contributed by atoms with Gasteiger partial charge in [0.2, 0.25) is 0 Å². The Balaban J connectivity index is 2.36. The number of halogens is 1. The first-order valence-electron chi connectivity index (χ1n) is 6.21. The summed E-state index contributed by atoms with van der Waals surface area (Å²) >= 11 is 5.63. The molecule has 0 radical (unpaired) electrons. The van der Waals surface area contributed by atoms with E-state index in [2.05, 4.69) is 14.8 Å². The van der Waals surface area contributed by atoms with Crippen LogP contribution in [-0.2, 0) is 13.1 Å². The Bertz CT molecular complexity index is 600. The molecule has 0 aliphatic rings. The molecule has 0 saturated carbocycles. The maximum Gasteiger partial charge on any atom is 0.179 e.